The zero-order valence-electron chi connectivity index (χ0n) is 16.6. The van der Waals surface area contributed by atoms with Gasteiger partial charge in [0, 0.05) is 11.3 Å². The Bertz CT molecular complexity index is 1040. The number of methoxy groups -OCH3 is 2. The standard InChI is InChI=1S/C21H18F3N3O3S/c1-29-17-9-3-13(11-18(17)30-2)16-8-10-20(27-26-16)31-12-19(28)25-15-6-4-14(5-7-15)21(22,23)24/h3-11H,12H2,1-2H3,(H,25,28). The fraction of sp³-hybridized carbons (Fsp3) is 0.190. The lowest BCUT2D eigenvalue weighted by atomic mass is 10.1. The number of nitrogens with one attached hydrogen (secondary N) is 1. The fourth-order valence-electron chi connectivity index (χ4n) is 2.63. The molecule has 10 heteroatoms. The van der Waals surface area contributed by atoms with Crippen molar-refractivity contribution >= 4 is 23.4 Å². The van der Waals surface area contributed by atoms with Crippen molar-refractivity contribution in [1.29, 1.82) is 0 Å². The largest absolute Gasteiger partial charge is 0.493 e. The molecule has 1 N–H and O–H groups in total. The summed E-state index contributed by atoms with van der Waals surface area (Å²) in [5.41, 5.74) is 0.930. The summed E-state index contributed by atoms with van der Waals surface area (Å²) >= 11 is 1.16. The second kappa shape index (κ2) is 9.69. The van der Waals surface area contributed by atoms with E-state index in [0.717, 1.165) is 29.5 Å². The van der Waals surface area contributed by atoms with Gasteiger partial charge in [-0.15, -0.1) is 10.2 Å². The Kier molecular flexibility index (Phi) is 7.01. The number of nitrogens with zero attached hydrogens (tertiary/aromatic N) is 2. The van der Waals surface area contributed by atoms with E-state index in [0.29, 0.717) is 22.2 Å². The molecule has 0 spiro atoms. The number of rotatable bonds is 7. The van der Waals surface area contributed by atoms with E-state index in [1.54, 1.807) is 38.5 Å². The summed E-state index contributed by atoms with van der Waals surface area (Å²) in [4.78, 5) is 12.1. The maximum Gasteiger partial charge on any atom is 0.416 e. The molecular formula is C21H18F3N3O3S. The lowest BCUT2D eigenvalue weighted by molar-refractivity contribution is -0.137. The number of aromatic nitrogens is 2. The molecule has 3 aromatic rings. The first kappa shape index (κ1) is 22.4. The first-order chi connectivity index (χ1) is 14.8. The van der Waals surface area contributed by atoms with E-state index in [1.165, 1.54) is 12.1 Å². The molecule has 1 amide bonds. The van der Waals surface area contributed by atoms with Gasteiger partial charge in [0.2, 0.25) is 5.91 Å². The molecule has 0 saturated carbocycles. The van der Waals surface area contributed by atoms with Gasteiger partial charge in [0.15, 0.2) is 11.5 Å². The van der Waals surface area contributed by atoms with Gasteiger partial charge in [0.05, 0.1) is 31.2 Å². The summed E-state index contributed by atoms with van der Waals surface area (Å²) < 4.78 is 48.2. The number of thioether (sulfide) groups is 1. The Morgan fingerprint density at radius 3 is 2.26 bits per heavy atom. The molecule has 0 aliphatic carbocycles. The molecule has 1 aromatic heterocycles. The highest BCUT2D eigenvalue weighted by atomic mass is 32.2. The predicted molar refractivity (Wildman–Crippen MR) is 111 cm³/mol. The lowest BCUT2D eigenvalue weighted by Gasteiger charge is -2.09. The smallest absolute Gasteiger partial charge is 0.416 e. The molecule has 6 nitrogen and oxygen atoms in total. The molecule has 1 heterocycles. The van der Waals surface area contributed by atoms with Gasteiger partial charge in [-0.3, -0.25) is 4.79 Å². The molecule has 2 aromatic carbocycles. The van der Waals surface area contributed by atoms with E-state index in [9.17, 15) is 18.0 Å². The normalized spacial score (nSPS) is 11.1. The van der Waals surface area contributed by atoms with Crippen molar-refractivity contribution in [2.24, 2.45) is 0 Å². The number of anilines is 1. The van der Waals surface area contributed by atoms with Crippen molar-refractivity contribution in [3.05, 3.63) is 60.2 Å². The lowest BCUT2D eigenvalue weighted by Crippen LogP contribution is -2.14. The van der Waals surface area contributed by atoms with Crippen molar-refractivity contribution in [3.63, 3.8) is 0 Å². The first-order valence-electron chi connectivity index (χ1n) is 8.96. The Hall–Kier alpha value is -3.27. The maximum atomic E-state index is 12.6. The highest BCUT2D eigenvalue weighted by molar-refractivity contribution is 7.99. The molecule has 162 valence electrons. The molecule has 3 rings (SSSR count). The van der Waals surface area contributed by atoms with Crippen molar-refractivity contribution < 1.29 is 27.4 Å². The zero-order valence-corrected chi connectivity index (χ0v) is 17.4. The van der Waals surface area contributed by atoms with Crippen LogP contribution in [-0.2, 0) is 11.0 Å². The minimum atomic E-state index is -4.42. The molecule has 0 bridgehead atoms. The van der Waals surface area contributed by atoms with Crippen LogP contribution in [0.15, 0.2) is 59.6 Å². The van der Waals surface area contributed by atoms with Crippen LogP contribution in [0.5, 0.6) is 11.5 Å². The van der Waals surface area contributed by atoms with Gasteiger partial charge in [0.25, 0.3) is 0 Å². The number of benzene rings is 2. The first-order valence-corrected chi connectivity index (χ1v) is 9.95. The summed E-state index contributed by atoms with van der Waals surface area (Å²) in [5.74, 6) is 0.840. The summed E-state index contributed by atoms with van der Waals surface area (Å²) in [5, 5.41) is 11.4. The third-order valence-corrected chi connectivity index (χ3v) is 5.09. The van der Waals surface area contributed by atoms with Crippen molar-refractivity contribution in [2.45, 2.75) is 11.2 Å². The fourth-order valence-corrected chi connectivity index (χ4v) is 3.24. The van der Waals surface area contributed by atoms with Gasteiger partial charge in [-0.1, -0.05) is 11.8 Å². The van der Waals surface area contributed by atoms with Gasteiger partial charge < -0.3 is 14.8 Å². The number of hydrogen-bond acceptors (Lipinski definition) is 6. The minimum absolute atomic E-state index is 0.0331. The Labute approximate surface area is 180 Å². The maximum absolute atomic E-state index is 12.6. The number of alkyl halides is 3. The molecule has 31 heavy (non-hydrogen) atoms. The Morgan fingerprint density at radius 2 is 1.68 bits per heavy atom. The number of amides is 1. The highest BCUT2D eigenvalue weighted by Gasteiger charge is 2.29. The average molecular weight is 449 g/mol. The zero-order chi connectivity index (χ0) is 22.4. The van der Waals surface area contributed by atoms with Gasteiger partial charge in [0.1, 0.15) is 5.03 Å². The summed E-state index contributed by atoms with van der Waals surface area (Å²) in [6.45, 7) is 0. The molecule has 0 aliphatic heterocycles. The second-order valence-electron chi connectivity index (χ2n) is 6.24. The van der Waals surface area contributed by atoms with Crippen LogP contribution in [0.25, 0.3) is 11.3 Å². The molecule has 0 fully saturated rings. The van der Waals surface area contributed by atoms with E-state index < -0.39 is 11.7 Å². The Morgan fingerprint density at radius 1 is 0.968 bits per heavy atom. The SMILES string of the molecule is COc1ccc(-c2ccc(SCC(=O)Nc3ccc(C(F)(F)F)cc3)nn2)cc1OC. The number of carbonyl (C=O) groups is 1. The van der Waals surface area contributed by atoms with Crippen molar-refractivity contribution in [2.75, 3.05) is 25.3 Å². The molecule has 0 radical (unpaired) electrons. The van der Waals surface area contributed by atoms with E-state index >= 15 is 0 Å². The van der Waals surface area contributed by atoms with E-state index in [2.05, 4.69) is 15.5 Å². The van der Waals surface area contributed by atoms with Gasteiger partial charge >= 0.3 is 6.18 Å². The van der Waals surface area contributed by atoms with E-state index in [4.69, 9.17) is 9.47 Å². The van der Waals surface area contributed by atoms with Crippen LogP contribution in [0, 0.1) is 0 Å². The highest BCUT2D eigenvalue weighted by Crippen LogP contribution is 2.32. The number of ether oxygens (including phenoxy) is 2. The van der Waals surface area contributed by atoms with E-state index in [1.807, 2.05) is 6.07 Å². The van der Waals surface area contributed by atoms with Crippen LogP contribution < -0.4 is 14.8 Å². The topological polar surface area (TPSA) is 73.3 Å². The van der Waals surface area contributed by atoms with Crippen LogP contribution in [0.4, 0.5) is 18.9 Å². The van der Waals surface area contributed by atoms with Crippen LogP contribution >= 0.6 is 11.8 Å². The summed E-state index contributed by atoms with van der Waals surface area (Å²) in [7, 11) is 3.10. The van der Waals surface area contributed by atoms with E-state index in [-0.39, 0.29) is 17.3 Å². The van der Waals surface area contributed by atoms with Crippen LogP contribution in [0.2, 0.25) is 0 Å². The monoisotopic (exact) mass is 449 g/mol. The van der Waals surface area contributed by atoms with Crippen LogP contribution in [0.1, 0.15) is 5.56 Å². The number of hydrogen-bond donors (Lipinski definition) is 1. The van der Waals surface area contributed by atoms with Crippen LogP contribution in [-0.4, -0.2) is 36.1 Å². The van der Waals surface area contributed by atoms with Crippen molar-refractivity contribution in [1.82, 2.24) is 10.2 Å². The molecule has 0 unspecified atom stereocenters. The molecular weight excluding hydrogens is 431 g/mol. The summed E-state index contributed by atoms with van der Waals surface area (Å²) in [6.07, 6.45) is -4.42. The van der Waals surface area contributed by atoms with Crippen molar-refractivity contribution in [3.8, 4) is 22.8 Å². The Balaban J connectivity index is 1.57. The average Bonchev–Trinajstić information content (AvgIpc) is 2.77. The van der Waals surface area contributed by atoms with Gasteiger partial charge in [-0.2, -0.15) is 13.2 Å². The number of halogens is 3. The quantitative estimate of drug-likeness (QED) is 0.517. The number of carbonyl (C=O) groups excluding carboxylic acids is 1. The molecule has 0 aliphatic rings. The van der Waals surface area contributed by atoms with Gasteiger partial charge in [-0.05, 0) is 54.6 Å². The summed E-state index contributed by atoms with van der Waals surface area (Å²) in [6, 6.07) is 13.1. The molecule has 0 saturated heterocycles. The van der Waals surface area contributed by atoms with Crippen LogP contribution in [0.3, 0.4) is 0 Å². The van der Waals surface area contributed by atoms with Gasteiger partial charge in [-0.25, -0.2) is 0 Å². The third kappa shape index (κ3) is 5.88. The second-order valence-corrected chi connectivity index (χ2v) is 7.23. The third-order valence-electron chi connectivity index (χ3n) is 4.17. The predicted octanol–water partition coefficient (Wildman–Crippen LogP) is 4.91. The molecule has 0 atom stereocenters. The minimum Gasteiger partial charge on any atom is -0.493 e.